The Hall–Kier alpha value is -1.93. The third-order valence-electron chi connectivity index (χ3n) is 4.32. The van der Waals surface area contributed by atoms with Gasteiger partial charge in [0.25, 0.3) is 5.78 Å². The summed E-state index contributed by atoms with van der Waals surface area (Å²) in [7, 11) is 0. The number of hydrogen-bond donors (Lipinski definition) is 1. The molecule has 1 N–H and O–H groups in total. The van der Waals surface area contributed by atoms with Gasteiger partial charge in [0.1, 0.15) is 0 Å². The Morgan fingerprint density at radius 1 is 1.23 bits per heavy atom. The van der Waals surface area contributed by atoms with Crippen molar-refractivity contribution >= 4 is 39.4 Å². The highest BCUT2D eigenvalue weighted by atomic mass is 79.9. The lowest BCUT2D eigenvalue weighted by atomic mass is 10.1. The van der Waals surface area contributed by atoms with Crippen LogP contribution in [0.2, 0.25) is 0 Å². The molecule has 0 spiro atoms. The standard InChI is InChI=1S/C18H20BrN5OS/c1-10-11(2)21-17-22-18(23-24(17)13(10)4)26-9-16(25)20-12(3)14-5-7-15(19)8-6-14/h5-8,12H,9H2,1-4H3,(H,20,25). The fourth-order valence-corrected chi connectivity index (χ4v) is 3.44. The first-order valence-corrected chi connectivity index (χ1v) is 10.0. The van der Waals surface area contributed by atoms with Crippen LogP contribution in [0.4, 0.5) is 0 Å². The second-order valence-corrected chi connectivity index (χ2v) is 8.00. The Morgan fingerprint density at radius 3 is 2.62 bits per heavy atom. The van der Waals surface area contributed by atoms with E-state index in [9.17, 15) is 4.79 Å². The van der Waals surface area contributed by atoms with Crippen LogP contribution < -0.4 is 5.32 Å². The number of carbonyl (C=O) groups is 1. The molecule has 1 amide bonds. The van der Waals surface area contributed by atoms with Crippen LogP contribution in [0, 0.1) is 20.8 Å². The zero-order valence-corrected chi connectivity index (χ0v) is 17.5. The van der Waals surface area contributed by atoms with Gasteiger partial charge in [-0.2, -0.15) is 4.98 Å². The first-order chi connectivity index (χ1) is 12.3. The molecule has 1 atom stereocenters. The van der Waals surface area contributed by atoms with E-state index >= 15 is 0 Å². The van der Waals surface area contributed by atoms with Gasteiger partial charge >= 0.3 is 0 Å². The lowest BCUT2D eigenvalue weighted by Gasteiger charge is -2.14. The highest BCUT2D eigenvalue weighted by Crippen LogP contribution is 2.19. The normalized spacial score (nSPS) is 12.3. The van der Waals surface area contributed by atoms with E-state index in [0.29, 0.717) is 10.9 Å². The summed E-state index contributed by atoms with van der Waals surface area (Å²) in [5.41, 5.74) is 4.11. The molecule has 0 aliphatic heterocycles. The van der Waals surface area contributed by atoms with Crippen LogP contribution in [-0.4, -0.2) is 31.2 Å². The van der Waals surface area contributed by atoms with Crippen LogP contribution in [-0.2, 0) is 4.79 Å². The molecule has 0 saturated carbocycles. The average molecular weight is 434 g/mol. The molecule has 0 fully saturated rings. The minimum absolute atomic E-state index is 0.0543. The molecule has 26 heavy (non-hydrogen) atoms. The lowest BCUT2D eigenvalue weighted by Crippen LogP contribution is -2.28. The second-order valence-electron chi connectivity index (χ2n) is 6.14. The second kappa shape index (κ2) is 7.75. The van der Waals surface area contributed by atoms with Crippen LogP contribution in [0.5, 0.6) is 0 Å². The van der Waals surface area contributed by atoms with E-state index in [-0.39, 0.29) is 17.7 Å². The predicted molar refractivity (Wildman–Crippen MR) is 106 cm³/mol. The maximum absolute atomic E-state index is 12.2. The molecular weight excluding hydrogens is 414 g/mol. The zero-order chi connectivity index (χ0) is 18.8. The summed E-state index contributed by atoms with van der Waals surface area (Å²) in [5, 5.41) is 8.00. The molecule has 3 rings (SSSR count). The van der Waals surface area contributed by atoms with Gasteiger partial charge in [-0.05, 0) is 51.0 Å². The number of hydrogen-bond acceptors (Lipinski definition) is 5. The number of aromatic nitrogens is 4. The van der Waals surface area contributed by atoms with Crippen molar-refractivity contribution in [1.29, 1.82) is 0 Å². The van der Waals surface area contributed by atoms with Crippen LogP contribution >= 0.6 is 27.7 Å². The summed E-state index contributed by atoms with van der Waals surface area (Å²) >= 11 is 4.72. The molecule has 0 aliphatic rings. The number of nitrogens with one attached hydrogen (secondary N) is 1. The summed E-state index contributed by atoms with van der Waals surface area (Å²) in [6, 6.07) is 7.86. The quantitative estimate of drug-likeness (QED) is 0.619. The Morgan fingerprint density at radius 2 is 1.92 bits per heavy atom. The summed E-state index contributed by atoms with van der Waals surface area (Å²) in [4.78, 5) is 21.1. The predicted octanol–water partition coefficient (Wildman–Crippen LogP) is 3.78. The first kappa shape index (κ1) is 18.8. The Labute approximate surface area is 164 Å². The van der Waals surface area contributed by atoms with E-state index in [0.717, 1.165) is 27.0 Å². The fraction of sp³-hybridized carbons (Fsp3) is 0.333. The SMILES string of the molecule is Cc1nc2nc(SCC(=O)NC(C)c3ccc(Br)cc3)nn2c(C)c1C. The topological polar surface area (TPSA) is 72.2 Å². The summed E-state index contributed by atoms with van der Waals surface area (Å²) < 4.78 is 2.75. The largest absolute Gasteiger partial charge is 0.349 e. The molecule has 1 unspecified atom stereocenters. The number of rotatable bonds is 5. The zero-order valence-electron chi connectivity index (χ0n) is 15.1. The van der Waals surface area contributed by atoms with Crippen molar-refractivity contribution in [3.05, 3.63) is 51.3 Å². The monoisotopic (exact) mass is 433 g/mol. The number of benzene rings is 1. The number of aryl methyl sites for hydroxylation is 2. The Bertz CT molecular complexity index is 954. The van der Waals surface area contributed by atoms with Gasteiger partial charge in [0.15, 0.2) is 0 Å². The average Bonchev–Trinajstić information content (AvgIpc) is 3.01. The van der Waals surface area contributed by atoms with Gasteiger partial charge < -0.3 is 5.32 Å². The number of amides is 1. The maximum atomic E-state index is 12.2. The smallest absolute Gasteiger partial charge is 0.253 e. The maximum Gasteiger partial charge on any atom is 0.253 e. The lowest BCUT2D eigenvalue weighted by molar-refractivity contribution is -0.119. The number of carbonyl (C=O) groups excluding carboxylic acids is 1. The van der Waals surface area contributed by atoms with Gasteiger partial charge in [-0.25, -0.2) is 9.50 Å². The third kappa shape index (κ3) is 4.07. The number of nitrogens with zero attached hydrogens (tertiary/aromatic N) is 4. The van der Waals surface area contributed by atoms with E-state index < -0.39 is 0 Å². The van der Waals surface area contributed by atoms with Crippen LogP contribution in [0.3, 0.4) is 0 Å². The minimum atomic E-state index is -0.0561. The molecular formula is C18H20BrN5OS. The van der Waals surface area contributed by atoms with Crippen molar-refractivity contribution in [2.45, 2.75) is 38.9 Å². The van der Waals surface area contributed by atoms with Gasteiger partial charge in [-0.15, -0.1) is 5.10 Å². The molecule has 0 bridgehead atoms. The molecule has 2 heterocycles. The number of thioether (sulfide) groups is 1. The highest BCUT2D eigenvalue weighted by molar-refractivity contribution is 9.10. The van der Waals surface area contributed by atoms with Gasteiger partial charge in [0.2, 0.25) is 11.1 Å². The van der Waals surface area contributed by atoms with Gasteiger partial charge in [-0.1, -0.05) is 39.8 Å². The van der Waals surface area contributed by atoms with Crippen molar-refractivity contribution in [3.63, 3.8) is 0 Å². The minimum Gasteiger partial charge on any atom is -0.349 e. The van der Waals surface area contributed by atoms with E-state index in [4.69, 9.17) is 0 Å². The van der Waals surface area contributed by atoms with Gasteiger partial charge in [0, 0.05) is 15.9 Å². The van der Waals surface area contributed by atoms with Crippen LogP contribution in [0.1, 0.15) is 35.5 Å². The van der Waals surface area contributed by atoms with Crippen LogP contribution in [0.25, 0.3) is 5.78 Å². The molecule has 6 nitrogen and oxygen atoms in total. The van der Waals surface area contributed by atoms with Crippen molar-refractivity contribution in [2.24, 2.45) is 0 Å². The molecule has 0 aliphatic carbocycles. The summed E-state index contributed by atoms with van der Waals surface area (Å²) in [5.74, 6) is 0.771. The van der Waals surface area contributed by atoms with E-state index in [1.54, 1.807) is 4.52 Å². The number of halogens is 1. The van der Waals surface area contributed by atoms with E-state index in [1.165, 1.54) is 11.8 Å². The Kier molecular flexibility index (Phi) is 5.62. The highest BCUT2D eigenvalue weighted by Gasteiger charge is 2.14. The molecule has 0 saturated heterocycles. The van der Waals surface area contributed by atoms with Crippen molar-refractivity contribution in [1.82, 2.24) is 24.9 Å². The van der Waals surface area contributed by atoms with E-state index in [2.05, 4.69) is 36.3 Å². The molecule has 0 radical (unpaired) electrons. The molecule has 136 valence electrons. The Balaban J connectivity index is 1.63. The van der Waals surface area contributed by atoms with Gasteiger partial charge in [-0.3, -0.25) is 4.79 Å². The third-order valence-corrected chi connectivity index (χ3v) is 5.69. The fourth-order valence-electron chi connectivity index (χ4n) is 2.55. The summed E-state index contributed by atoms with van der Waals surface area (Å²) in [6.45, 7) is 7.93. The van der Waals surface area contributed by atoms with Crippen molar-refractivity contribution in [2.75, 3.05) is 5.75 Å². The van der Waals surface area contributed by atoms with Crippen molar-refractivity contribution < 1.29 is 4.79 Å². The molecule has 1 aromatic carbocycles. The summed E-state index contributed by atoms with van der Waals surface area (Å²) in [6.07, 6.45) is 0. The molecule has 3 aromatic rings. The van der Waals surface area contributed by atoms with Crippen molar-refractivity contribution in [3.8, 4) is 0 Å². The van der Waals surface area contributed by atoms with Crippen LogP contribution in [0.15, 0.2) is 33.9 Å². The van der Waals surface area contributed by atoms with E-state index in [1.807, 2.05) is 52.0 Å². The van der Waals surface area contributed by atoms with Gasteiger partial charge in [0.05, 0.1) is 11.8 Å². The first-order valence-electron chi connectivity index (χ1n) is 8.23. The molecule has 2 aromatic heterocycles. The molecule has 8 heteroatoms. The number of fused-ring (bicyclic) bond motifs is 1.